The Labute approximate surface area is 155 Å². The highest BCUT2D eigenvalue weighted by Gasteiger charge is 2.29. The predicted molar refractivity (Wildman–Crippen MR) is 103 cm³/mol. The Hall–Kier alpha value is -1.56. The minimum absolute atomic E-state index is 0.221. The maximum atomic E-state index is 13.3. The maximum absolute atomic E-state index is 13.3. The summed E-state index contributed by atoms with van der Waals surface area (Å²) in [5, 5.41) is 10.3. The summed E-state index contributed by atoms with van der Waals surface area (Å²) >= 11 is 0. The van der Waals surface area contributed by atoms with Gasteiger partial charge in [-0.1, -0.05) is 26.8 Å². The summed E-state index contributed by atoms with van der Waals surface area (Å²) < 4.78 is 13.3. The second-order valence-electron chi connectivity index (χ2n) is 8.57. The number of aromatic nitrogens is 1. The van der Waals surface area contributed by atoms with E-state index in [9.17, 15) is 9.50 Å². The number of rotatable bonds is 5. The van der Waals surface area contributed by atoms with Crippen molar-refractivity contribution in [2.24, 2.45) is 5.41 Å². The summed E-state index contributed by atoms with van der Waals surface area (Å²) in [5.41, 5.74) is 2.10. The Morgan fingerprint density at radius 2 is 2.00 bits per heavy atom. The van der Waals surface area contributed by atoms with Crippen LogP contribution in [0.2, 0.25) is 0 Å². The molecule has 3 rings (SSSR count). The minimum atomic E-state index is -0.228. The number of piperazine rings is 1. The Kier molecular flexibility index (Phi) is 5.90. The van der Waals surface area contributed by atoms with E-state index in [0.717, 1.165) is 55.7 Å². The van der Waals surface area contributed by atoms with E-state index in [-0.39, 0.29) is 17.8 Å². The van der Waals surface area contributed by atoms with Crippen LogP contribution in [0, 0.1) is 11.2 Å². The molecule has 2 heterocycles. The molecule has 0 spiro atoms. The van der Waals surface area contributed by atoms with E-state index in [1.54, 1.807) is 6.07 Å². The molecule has 0 saturated carbocycles. The third-order valence-electron chi connectivity index (χ3n) is 4.92. The molecule has 1 saturated heterocycles. The SMILES string of the molecule is CC(C)(C)CN1CCN(Cc2ccc3cc(F)ccc3n2)CC1CCO. The van der Waals surface area contributed by atoms with E-state index < -0.39 is 0 Å². The number of fused-ring (bicyclic) bond motifs is 1. The number of aliphatic hydroxyl groups excluding tert-OH is 1. The molecule has 1 aliphatic rings. The van der Waals surface area contributed by atoms with Crippen molar-refractivity contribution in [2.75, 3.05) is 32.8 Å². The molecule has 4 nitrogen and oxygen atoms in total. The van der Waals surface area contributed by atoms with Gasteiger partial charge >= 0.3 is 0 Å². The number of benzene rings is 1. The van der Waals surface area contributed by atoms with Gasteiger partial charge in [-0.15, -0.1) is 0 Å². The molecular weight excluding hydrogens is 329 g/mol. The standard InChI is InChI=1S/C21H30FN3O/c1-21(2,3)15-25-10-9-24(14-19(25)8-11-26)13-18-6-4-16-12-17(22)5-7-20(16)23-18/h4-7,12,19,26H,8-11,13-15H2,1-3H3. The molecule has 2 aromatic rings. The van der Waals surface area contributed by atoms with Gasteiger partial charge in [0, 0.05) is 50.8 Å². The monoisotopic (exact) mass is 359 g/mol. The van der Waals surface area contributed by atoms with E-state index in [2.05, 4.69) is 35.6 Å². The average Bonchev–Trinajstić information content (AvgIpc) is 2.56. The van der Waals surface area contributed by atoms with Crippen LogP contribution in [-0.2, 0) is 6.54 Å². The van der Waals surface area contributed by atoms with Crippen LogP contribution in [-0.4, -0.2) is 58.7 Å². The fourth-order valence-electron chi connectivity index (χ4n) is 3.80. The van der Waals surface area contributed by atoms with E-state index in [1.165, 1.54) is 12.1 Å². The number of pyridine rings is 1. The molecule has 26 heavy (non-hydrogen) atoms. The van der Waals surface area contributed by atoms with Gasteiger partial charge in [-0.3, -0.25) is 14.8 Å². The van der Waals surface area contributed by atoms with Crippen LogP contribution >= 0.6 is 0 Å². The topological polar surface area (TPSA) is 39.6 Å². The number of hydrogen-bond donors (Lipinski definition) is 1. The van der Waals surface area contributed by atoms with Gasteiger partial charge in [0.2, 0.25) is 0 Å². The molecular formula is C21H30FN3O. The minimum Gasteiger partial charge on any atom is -0.396 e. The Balaban J connectivity index is 1.68. The van der Waals surface area contributed by atoms with E-state index in [4.69, 9.17) is 0 Å². The van der Waals surface area contributed by atoms with Crippen LogP contribution in [0.1, 0.15) is 32.9 Å². The lowest BCUT2D eigenvalue weighted by Gasteiger charge is -2.43. The zero-order valence-electron chi connectivity index (χ0n) is 16.1. The zero-order chi connectivity index (χ0) is 18.7. The second-order valence-corrected chi connectivity index (χ2v) is 8.57. The summed E-state index contributed by atoms with van der Waals surface area (Å²) in [6, 6.07) is 9.04. The van der Waals surface area contributed by atoms with Crippen molar-refractivity contribution in [3.8, 4) is 0 Å². The van der Waals surface area contributed by atoms with Crippen molar-refractivity contribution in [3.05, 3.63) is 41.8 Å². The van der Waals surface area contributed by atoms with Crippen molar-refractivity contribution in [1.29, 1.82) is 0 Å². The average molecular weight is 359 g/mol. The maximum Gasteiger partial charge on any atom is 0.123 e. The van der Waals surface area contributed by atoms with Gasteiger partial charge in [-0.2, -0.15) is 0 Å². The van der Waals surface area contributed by atoms with Crippen LogP contribution in [0.15, 0.2) is 30.3 Å². The normalized spacial score (nSPS) is 20.0. The van der Waals surface area contributed by atoms with Crippen LogP contribution in [0.4, 0.5) is 4.39 Å². The van der Waals surface area contributed by atoms with Crippen molar-refractivity contribution in [2.45, 2.75) is 39.8 Å². The number of nitrogens with zero attached hydrogens (tertiary/aromatic N) is 3. The summed E-state index contributed by atoms with van der Waals surface area (Å²) in [5.74, 6) is -0.228. The van der Waals surface area contributed by atoms with E-state index in [0.29, 0.717) is 6.04 Å². The molecule has 5 heteroatoms. The second kappa shape index (κ2) is 7.99. The van der Waals surface area contributed by atoms with Gasteiger partial charge < -0.3 is 5.11 Å². The molecule has 1 atom stereocenters. The first-order valence-electron chi connectivity index (χ1n) is 9.46. The van der Waals surface area contributed by atoms with Gasteiger partial charge in [-0.25, -0.2) is 4.39 Å². The van der Waals surface area contributed by atoms with Gasteiger partial charge in [0.25, 0.3) is 0 Å². The fraction of sp³-hybridized carbons (Fsp3) is 0.571. The van der Waals surface area contributed by atoms with Gasteiger partial charge in [0.15, 0.2) is 0 Å². The molecule has 0 amide bonds. The van der Waals surface area contributed by atoms with Crippen LogP contribution in [0.3, 0.4) is 0 Å². The van der Waals surface area contributed by atoms with Crippen LogP contribution in [0.25, 0.3) is 10.9 Å². The molecule has 0 aliphatic carbocycles. The number of aliphatic hydroxyl groups is 1. The fourth-order valence-corrected chi connectivity index (χ4v) is 3.80. The largest absolute Gasteiger partial charge is 0.396 e. The first kappa shape index (κ1) is 19.2. The summed E-state index contributed by atoms with van der Waals surface area (Å²) in [6.45, 7) is 11.8. The molecule has 1 unspecified atom stereocenters. The van der Waals surface area contributed by atoms with Gasteiger partial charge in [0.1, 0.15) is 5.82 Å². The van der Waals surface area contributed by atoms with Gasteiger partial charge in [-0.05, 0) is 36.1 Å². The Bertz CT molecular complexity index is 744. The van der Waals surface area contributed by atoms with Crippen molar-refractivity contribution in [3.63, 3.8) is 0 Å². The third-order valence-corrected chi connectivity index (χ3v) is 4.92. The lowest BCUT2D eigenvalue weighted by Crippen LogP contribution is -2.54. The van der Waals surface area contributed by atoms with E-state index in [1.807, 2.05) is 12.1 Å². The van der Waals surface area contributed by atoms with Crippen molar-refractivity contribution in [1.82, 2.24) is 14.8 Å². The van der Waals surface area contributed by atoms with Gasteiger partial charge in [0.05, 0.1) is 11.2 Å². The van der Waals surface area contributed by atoms with Crippen LogP contribution in [0.5, 0.6) is 0 Å². The molecule has 1 aromatic carbocycles. The third kappa shape index (κ3) is 5.00. The molecule has 0 bridgehead atoms. The van der Waals surface area contributed by atoms with Crippen LogP contribution < -0.4 is 0 Å². The highest BCUT2D eigenvalue weighted by molar-refractivity contribution is 5.78. The van der Waals surface area contributed by atoms with Crippen molar-refractivity contribution >= 4 is 10.9 Å². The number of halogens is 1. The Morgan fingerprint density at radius 1 is 1.19 bits per heavy atom. The summed E-state index contributed by atoms with van der Waals surface area (Å²) in [6.07, 6.45) is 0.803. The first-order chi connectivity index (χ1) is 12.3. The lowest BCUT2D eigenvalue weighted by atomic mass is 9.94. The Morgan fingerprint density at radius 3 is 2.73 bits per heavy atom. The molecule has 1 aliphatic heterocycles. The predicted octanol–water partition coefficient (Wildman–Crippen LogP) is 3.29. The molecule has 1 N–H and O–H groups in total. The summed E-state index contributed by atoms with van der Waals surface area (Å²) in [7, 11) is 0. The highest BCUT2D eigenvalue weighted by Crippen LogP contribution is 2.22. The van der Waals surface area contributed by atoms with E-state index >= 15 is 0 Å². The molecule has 1 aromatic heterocycles. The zero-order valence-corrected chi connectivity index (χ0v) is 16.1. The quantitative estimate of drug-likeness (QED) is 0.889. The highest BCUT2D eigenvalue weighted by atomic mass is 19.1. The lowest BCUT2D eigenvalue weighted by molar-refractivity contribution is 0.0335. The molecule has 142 valence electrons. The number of hydrogen-bond acceptors (Lipinski definition) is 4. The molecule has 0 radical (unpaired) electrons. The summed E-state index contributed by atoms with van der Waals surface area (Å²) in [4.78, 5) is 9.62. The first-order valence-corrected chi connectivity index (χ1v) is 9.46. The smallest absolute Gasteiger partial charge is 0.123 e. The molecule has 1 fully saturated rings. The van der Waals surface area contributed by atoms with Crippen molar-refractivity contribution < 1.29 is 9.50 Å².